The Morgan fingerprint density at radius 3 is 2.38 bits per heavy atom. The molecule has 0 fully saturated rings. The van der Waals surface area contributed by atoms with E-state index in [1.807, 2.05) is 31.2 Å². The third-order valence-corrected chi connectivity index (χ3v) is 3.69. The van der Waals surface area contributed by atoms with Crippen LogP contribution in [0.5, 0.6) is 11.5 Å². The molecule has 128 valence electrons. The Balaban J connectivity index is 2.08. The summed E-state index contributed by atoms with van der Waals surface area (Å²) in [6.07, 6.45) is 0. The number of hydrogen-bond acceptors (Lipinski definition) is 3. The van der Waals surface area contributed by atoms with E-state index >= 15 is 0 Å². The lowest BCUT2D eigenvalue weighted by atomic mass is 10.0. The number of ether oxygens (including phenoxy) is 2. The van der Waals surface area contributed by atoms with Crippen molar-refractivity contribution >= 4 is 5.91 Å². The smallest absolute Gasteiger partial charge is 0.264 e. The van der Waals surface area contributed by atoms with Crippen molar-refractivity contribution in [2.45, 2.75) is 32.4 Å². The quantitative estimate of drug-likeness (QED) is 0.874. The van der Waals surface area contributed by atoms with E-state index in [0.29, 0.717) is 11.5 Å². The Morgan fingerprint density at radius 2 is 1.75 bits per heavy atom. The van der Waals surface area contributed by atoms with Gasteiger partial charge >= 0.3 is 0 Å². The zero-order valence-corrected chi connectivity index (χ0v) is 14.3. The van der Waals surface area contributed by atoms with E-state index in [4.69, 9.17) is 9.47 Å². The molecule has 0 aliphatic rings. The monoisotopic (exact) mass is 331 g/mol. The normalized spacial score (nSPS) is 12.4. The van der Waals surface area contributed by atoms with Crippen molar-refractivity contribution in [3.8, 4) is 11.5 Å². The van der Waals surface area contributed by atoms with E-state index in [0.717, 1.165) is 5.56 Å². The molecule has 0 saturated carbocycles. The lowest BCUT2D eigenvalue weighted by Gasteiger charge is -2.27. The molecule has 0 aromatic heterocycles. The van der Waals surface area contributed by atoms with Gasteiger partial charge in [-0.2, -0.15) is 0 Å². The molecule has 1 amide bonds. The van der Waals surface area contributed by atoms with Crippen LogP contribution in [0.1, 0.15) is 32.4 Å². The molecule has 0 aliphatic heterocycles. The van der Waals surface area contributed by atoms with Crippen LogP contribution in [0.4, 0.5) is 4.39 Å². The van der Waals surface area contributed by atoms with E-state index < -0.39 is 5.60 Å². The third kappa shape index (κ3) is 4.25. The van der Waals surface area contributed by atoms with Crippen LogP contribution in [0.3, 0.4) is 0 Å². The molecule has 2 rings (SSSR count). The first-order valence-corrected chi connectivity index (χ1v) is 7.72. The number of nitrogens with one attached hydrogen (secondary N) is 1. The zero-order chi connectivity index (χ0) is 17.7. The van der Waals surface area contributed by atoms with Gasteiger partial charge < -0.3 is 14.8 Å². The van der Waals surface area contributed by atoms with Crippen LogP contribution in [0.25, 0.3) is 0 Å². The Bertz CT molecular complexity index is 698. The molecule has 2 aromatic rings. The summed E-state index contributed by atoms with van der Waals surface area (Å²) >= 11 is 0. The predicted octanol–water partition coefficient (Wildman–Crippen LogP) is 3.87. The zero-order valence-electron chi connectivity index (χ0n) is 14.3. The van der Waals surface area contributed by atoms with Crippen LogP contribution in [0, 0.1) is 5.82 Å². The molecule has 0 unspecified atom stereocenters. The summed E-state index contributed by atoms with van der Waals surface area (Å²) in [6.45, 7) is 5.21. The highest BCUT2D eigenvalue weighted by atomic mass is 19.1. The Morgan fingerprint density at radius 1 is 1.12 bits per heavy atom. The predicted molar refractivity (Wildman–Crippen MR) is 90.7 cm³/mol. The number of amides is 1. The summed E-state index contributed by atoms with van der Waals surface area (Å²) in [5, 5.41) is 2.92. The lowest BCUT2D eigenvalue weighted by molar-refractivity contribution is -0.134. The van der Waals surface area contributed by atoms with Crippen molar-refractivity contribution in [3.05, 3.63) is 59.9 Å². The van der Waals surface area contributed by atoms with Gasteiger partial charge in [0.2, 0.25) is 0 Å². The van der Waals surface area contributed by atoms with E-state index in [2.05, 4.69) is 5.32 Å². The molecule has 5 heteroatoms. The maximum Gasteiger partial charge on any atom is 0.264 e. The average Bonchev–Trinajstić information content (AvgIpc) is 2.56. The van der Waals surface area contributed by atoms with Gasteiger partial charge in [0.1, 0.15) is 17.3 Å². The standard InChI is InChI=1S/C19H22FNO3/c1-13(16-7-5-6-8-17(16)23-4)21-18(22)19(2,3)24-15-11-9-14(20)10-12-15/h5-13H,1-4H3,(H,21,22)/t13-/m0/s1. The van der Waals surface area contributed by atoms with Crippen LogP contribution in [0.2, 0.25) is 0 Å². The highest BCUT2D eigenvalue weighted by Crippen LogP contribution is 2.25. The fourth-order valence-electron chi connectivity index (χ4n) is 2.32. The number of carbonyl (C=O) groups is 1. The number of carbonyl (C=O) groups excluding carboxylic acids is 1. The van der Waals surface area contributed by atoms with Gasteiger partial charge in [0.05, 0.1) is 13.2 Å². The topological polar surface area (TPSA) is 47.6 Å². The SMILES string of the molecule is COc1ccccc1[C@H](C)NC(=O)C(C)(C)Oc1ccc(F)cc1. The number of para-hydroxylation sites is 1. The molecule has 1 N–H and O–H groups in total. The van der Waals surface area contributed by atoms with Crippen molar-refractivity contribution in [1.82, 2.24) is 5.32 Å². The molecule has 1 atom stereocenters. The van der Waals surface area contributed by atoms with Crippen LogP contribution < -0.4 is 14.8 Å². The van der Waals surface area contributed by atoms with Gasteiger partial charge in [-0.1, -0.05) is 18.2 Å². The van der Waals surface area contributed by atoms with Gasteiger partial charge in [-0.05, 0) is 51.1 Å². The first-order valence-electron chi connectivity index (χ1n) is 7.72. The average molecular weight is 331 g/mol. The fourth-order valence-corrected chi connectivity index (χ4v) is 2.32. The van der Waals surface area contributed by atoms with E-state index in [9.17, 15) is 9.18 Å². The Hall–Kier alpha value is -2.56. The van der Waals surface area contributed by atoms with Crippen molar-refractivity contribution < 1.29 is 18.7 Å². The highest BCUT2D eigenvalue weighted by Gasteiger charge is 2.31. The van der Waals surface area contributed by atoms with Gasteiger partial charge in [0.25, 0.3) is 5.91 Å². The fraction of sp³-hybridized carbons (Fsp3) is 0.316. The van der Waals surface area contributed by atoms with Crippen LogP contribution in [-0.4, -0.2) is 18.6 Å². The van der Waals surface area contributed by atoms with E-state index in [1.54, 1.807) is 21.0 Å². The molecule has 0 saturated heterocycles. The highest BCUT2D eigenvalue weighted by molar-refractivity contribution is 5.85. The number of hydrogen-bond donors (Lipinski definition) is 1. The van der Waals surface area contributed by atoms with Crippen LogP contribution in [-0.2, 0) is 4.79 Å². The minimum Gasteiger partial charge on any atom is -0.496 e. The molecular weight excluding hydrogens is 309 g/mol. The van der Waals surface area contributed by atoms with Gasteiger partial charge in [-0.3, -0.25) is 4.79 Å². The number of benzene rings is 2. The summed E-state index contributed by atoms with van der Waals surface area (Å²) in [5.41, 5.74) is -0.223. The van der Waals surface area contributed by atoms with Gasteiger partial charge in [0, 0.05) is 5.56 Å². The second-order valence-electron chi connectivity index (χ2n) is 6.00. The summed E-state index contributed by atoms with van der Waals surface area (Å²) < 4.78 is 24.0. The van der Waals surface area contributed by atoms with Crippen LogP contribution >= 0.6 is 0 Å². The van der Waals surface area contributed by atoms with Crippen molar-refractivity contribution in [1.29, 1.82) is 0 Å². The van der Waals surface area contributed by atoms with Gasteiger partial charge in [-0.15, -0.1) is 0 Å². The molecule has 0 spiro atoms. The maximum absolute atomic E-state index is 13.0. The summed E-state index contributed by atoms with van der Waals surface area (Å²) in [7, 11) is 1.59. The molecule has 0 aliphatic carbocycles. The molecule has 0 radical (unpaired) electrons. The maximum atomic E-state index is 13.0. The van der Waals surface area contributed by atoms with E-state index in [1.165, 1.54) is 24.3 Å². The first kappa shape index (κ1) is 17.8. The second-order valence-corrected chi connectivity index (χ2v) is 6.00. The largest absolute Gasteiger partial charge is 0.496 e. The number of rotatable bonds is 6. The third-order valence-electron chi connectivity index (χ3n) is 3.69. The molecular formula is C19H22FNO3. The van der Waals surface area contributed by atoms with Crippen molar-refractivity contribution in [2.24, 2.45) is 0 Å². The lowest BCUT2D eigenvalue weighted by Crippen LogP contribution is -2.47. The molecule has 4 nitrogen and oxygen atoms in total. The second kappa shape index (κ2) is 7.34. The van der Waals surface area contributed by atoms with E-state index in [-0.39, 0.29) is 17.8 Å². The molecule has 0 bridgehead atoms. The van der Waals surface area contributed by atoms with Crippen molar-refractivity contribution in [3.63, 3.8) is 0 Å². The summed E-state index contributed by atoms with van der Waals surface area (Å²) in [6, 6.07) is 12.8. The number of halogens is 1. The van der Waals surface area contributed by atoms with Gasteiger partial charge in [-0.25, -0.2) is 4.39 Å². The Kier molecular flexibility index (Phi) is 5.44. The first-order chi connectivity index (χ1) is 11.3. The minimum atomic E-state index is -1.10. The molecule has 0 heterocycles. The summed E-state index contributed by atoms with van der Waals surface area (Å²) in [4.78, 5) is 12.6. The van der Waals surface area contributed by atoms with Crippen LogP contribution in [0.15, 0.2) is 48.5 Å². The number of methoxy groups -OCH3 is 1. The van der Waals surface area contributed by atoms with Crippen molar-refractivity contribution in [2.75, 3.05) is 7.11 Å². The molecule has 2 aromatic carbocycles. The Labute approximate surface area is 141 Å². The summed E-state index contributed by atoms with van der Waals surface area (Å²) in [5.74, 6) is 0.517. The van der Waals surface area contributed by atoms with Gasteiger partial charge in [0.15, 0.2) is 5.60 Å². The minimum absolute atomic E-state index is 0.246. The molecule has 24 heavy (non-hydrogen) atoms.